The molecule has 0 bridgehead atoms. The van der Waals surface area contributed by atoms with E-state index in [1.807, 2.05) is 76.2 Å². The molecule has 0 radical (unpaired) electrons. The number of ether oxygens (including phenoxy) is 3. The van der Waals surface area contributed by atoms with Crippen molar-refractivity contribution in [1.29, 1.82) is 0 Å². The average Bonchev–Trinajstić information content (AvgIpc) is 3.89. The van der Waals surface area contributed by atoms with Gasteiger partial charge in [-0.3, -0.25) is 4.57 Å². The van der Waals surface area contributed by atoms with Gasteiger partial charge in [-0.1, -0.05) is 141 Å². The largest absolute Gasteiger partial charge is 0.403 e. The zero-order valence-electron chi connectivity index (χ0n) is 35.7. The lowest BCUT2D eigenvalue weighted by molar-refractivity contribution is -0.227. The fourth-order valence-electron chi connectivity index (χ4n) is 9.14. The summed E-state index contributed by atoms with van der Waals surface area (Å²) < 4.78 is 63.0. The van der Waals surface area contributed by atoms with Crippen molar-refractivity contribution >= 4 is 28.8 Å². The molecule has 2 saturated heterocycles. The Bertz CT molecular complexity index is 2290. The van der Waals surface area contributed by atoms with Crippen LogP contribution in [0.5, 0.6) is 5.88 Å². The molecule has 3 heterocycles. The molecular weight excluding hydrogens is 781 g/mol. The molecular formula is C47H58N2O8SSi. The standard InChI is InChI=1S/C47H58N2O8SSi/c1-11-46(30-53-59(45(8,9)10,35-20-14-12-15-21-35)36-22-16-13-17-23-36)42-40(54-47(55-42)25-18-19-26-47)43(56-46)49-27-24-39(48-44(49)50)57-58(51,52)41-37(32(4)5)28-34(31(2)3)29-38(41)33(6)7/h1,12-17,20-24,27-29,31-33,40,42-43H,18-19,25-26,30H2,2-10H3/t40-,42+,43-,46-/m1/s1. The van der Waals surface area contributed by atoms with Crippen LogP contribution in [0.1, 0.15) is 129 Å². The van der Waals surface area contributed by atoms with Gasteiger partial charge in [0.2, 0.25) is 5.88 Å². The highest BCUT2D eigenvalue weighted by Gasteiger charge is 2.66. The van der Waals surface area contributed by atoms with E-state index >= 15 is 0 Å². The molecule has 0 N–H and O–H groups in total. The van der Waals surface area contributed by atoms with Crippen LogP contribution in [0.2, 0.25) is 5.04 Å². The molecule has 3 aliphatic rings. The normalized spacial score (nSPS) is 23.0. The number of aromatic nitrogens is 2. The van der Waals surface area contributed by atoms with Crippen molar-refractivity contribution in [2.45, 2.75) is 146 Å². The molecule has 3 fully saturated rings. The van der Waals surface area contributed by atoms with Crippen molar-refractivity contribution in [2.24, 2.45) is 0 Å². The first-order chi connectivity index (χ1) is 27.9. The second kappa shape index (κ2) is 16.1. The van der Waals surface area contributed by atoms with Gasteiger partial charge in [0.05, 0.1) is 6.61 Å². The minimum absolute atomic E-state index is 0.0402. The maximum absolute atomic E-state index is 14.2. The van der Waals surface area contributed by atoms with Crippen LogP contribution >= 0.6 is 0 Å². The number of hydrogen-bond acceptors (Lipinski definition) is 9. The second-order valence-corrected chi connectivity index (χ2v) is 24.0. The maximum Gasteiger partial charge on any atom is 0.353 e. The number of terminal acetylenes is 1. The minimum Gasteiger partial charge on any atom is -0.403 e. The molecule has 12 heteroatoms. The fourth-order valence-corrected chi connectivity index (χ4v) is 15.3. The monoisotopic (exact) mass is 838 g/mol. The predicted octanol–water partition coefficient (Wildman–Crippen LogP) is 7.91. The molecule has 7 rings (SSSR count). The third-order valence-corrected chi connectivity index (χ3v) is 18.5. The summed E-state index contributed by atoms with van der Waals surface area (Å²) >= 11 is 0. The first-order valence-corrected chi connectivity index (χ1v) is 24.2. The van der Waals surface area contributed by atoms with Gasteiger partial charge in [-0.15, -0.1) is 6.42 Å². The first-order valence-electron chi connectivity index (χ1n) is 20.8. The summed E-state index contributed by atoms with van der Waals surface area (Å²) in [5.74, 6) is 1.68. The minimum atomic E-state index is -4.41. The lowest BCUT2D eigenvalue weighted by Crippen LogP contribution is -2.68. The van der Waals surface area contributed by atoms with E-state index in [1.54, 1.807) is 0 Å². The van der Waals surface area contributed by atoms with Gasteiger partial charge >= 0.3 is 15.8 Å². The van der Waals surface area contributed by atoms with E-state index in [1.165, 1.54) is 16.8 Å². The Labute approximate surface area is 350 Å². The van der Waals surface area contributed by atoms with Gasteiger partial charge in [0, 0.05) is 25.1 Å². The summed E-state index contributed by atoms with van der Waals surface area (Å²) in [7, 11) is -7.51. The lowest BCUT2D eigenvalue weighted by atomic mass is 9.89. The molecule has 10 nitrogen and oxygen atoms in total. The molecule has 1 aromatic heterocycles. The van der Waals surface area contributed by atoms with Crippen LogP contribution in [0.4, 0.5) is 0 Å². The lowest BCUT2D eigenvalue weighted by Gasteiger charge is -2.44. The van der Waals surface area contributed by atoms with E-state index in [0.29, 0.717) is 24.0 Å². The third-order valence-electron chi connectivity index (χ3n) is 12.2. The highest BCUT2D eigenvalue weighted by atomic mass is 32.2. The van der Waals surface area contributed by atoms with Crippen LogP contribution in [0.3, 0.4) is 0 Å². The van der Waals surface area contributed by atoms with Gasteiger partial charge < -0.3 is 22.8 Å². The molecule has 1 saturated carbocycles. The summed E-state index contributed by atoms with van der Waals surface area (Å²) in [6, 6.07) is 25.8. The topological polar surface area (TPSA) is 115 Å². The van der Waals surface area contributed by atoms with Crippen molar-refractivity contribution in [3.8, 4) is 18.2 Å². The van der Waals surface area contributed by atoms with E-state index in [0.717, 1.165) is 28.8 Å². The second-order valence-electron chi connectivity index (χ2n) is 18.2. The number of fused-ring (bicyclic) bond motifs is 1. The van der Waals surface area contributed by atoms with Gasteiger partial charge in [0.15, 0.2) is 17.6 Å². The van der Waals surface area contributed by atoms with Crippen LogP contribution in [0.15, 0.2) is 94.7 Å². The number of nitrogens with zero attached hydrogens (tertiary/aromatic N) is 2. The Hall–Kier alpha value is -4.09. The zero-order chi connectivity index (χ0) is 42.5. The Morgan fingerprint density at radius 3 is 1.90 bits per heavy atom. The number of hydrogen-bond donors (Lipinski definition) is 0. The first kappa shape index (κ1) is 43.0. The van der Waals surface area contributed by atoms with Crippen molar-refractivity contribution in [3.63, 3.8) is 0 Å². The summed E-state index contributed by atoms with van der Waals surface area (Å²) in [4.78, 5) is 18.3. The van der Waals surface area contributed by atoms with Crippen molar-refractivity contribution in [1.82, 2.24) is 9.55 Å². The van der Waals surface area contributed by atoms with Crippen molar-refractivity contribution < 1.29 is 31.2 Å². The molecule has 0 unspecified atom stereocenters. The summed E-state index contributed by atoms with van der Waals surface area (Å²) in [6.45, 7) is 18.5. The van der Waals surface area contributed by atoms with Crippen LogP contribution in [0.25, 0.3) is 0 Å². The Balaban J connectivity index is 1.25. The van der Waals surface area contributed by atoms with E-state index in [-0.39, 0.29) is 40.2 Å². The van der Waals surface area contributed by atoms with Gasteiger partial charge in [-0.2, -0.15) is 13.4 Å². The highest BCUT2D eigenvalue weighted by molar-refractivity contribution is 7.87. The maximum atomic E-state index is 14.2. The van der Waals surface area contributed by atoms with Crippen molar-refractivity contribution in [3.05, 3.63) is 112 Å². The quantitative estimate of drug-likeness (QED) is 0.0798. The zero-order valence-corrected chi connectivity index (χ0v) is 37.5. The molecule has 4 atom stereocenters. The molecule has 0 amide bonds. The Morgan fingerprint density at radius 1 is 0.864 bits per heavy atom. The summed E-state index contributed by atoms with van der Waals surface area (Å²) in [5.41, 5.74) is 0.105. The van der Waals surface area contributed by atoms with Crippen LogP contribution in [0, 0.1) is 12.3 Å². The Kier molecular flexibility index (Phi) is 11.7. The van der Waals surface area contributed by atoms with E-state index in [4.69, 9.17) is 29.2 Å². The average molecular weight is 839 g/mol. The summed E-state index contributed by atoms with van der Waals surface area (Å²) in [6.07, 6.45) is 8.47. The van der Waals surface area contributed by atoms with Gasteiger partial charge in [0.1, 0.15) is 17.1 Å². The van der Waals surface area contributed by atoms with Gasteiger partial charge in [-0.05, 0) is 62.7 Å². The molecule has 1 aliphatic carbocycles. The smallest absolute Gasteiger partial charge is 0.353 e. The predicted molar refractivity (Wildman–Crippen MR) is 231 cm³/mol. The van der Waals surface area contributed by atoms with Crippen molar-refractivity contribution in [2.75, 3.05) is 6.61 Å². The molecule has 59 heavy (non-hydrogen) atoms. The highest BCUT2D eigenvalue weighted by Crippen LogP contribution is 2.53. The number of benzene rings is 3. The Morgan fingerprint density at radius 2 is 1.42 bits per heavy atom. The third kappa shape index (κ3) is 7.75. The molecule has 314 valence electrons. The molecule has 2 aliphatic heterocycles. The van der Waals surface area contributed by atoms with E-state index in [2.05, 4.69) is 69.8 Å². The van der Waals surface area contributed by atoms with E-state index < -0.39 is 53.9 Å². The van der Waals surface area contributed by atoms with Gasteiger partial charge in [-0.25, -0.2) is 4.79 Å². The van der Waals surface area contributed by atoms with Gasteiger partial charge in [0.25, 0.3) is 8.32 Å². The molecule has 3 aromatic carbocycles. The SMILES string of the molecule is C#C[C@]1(CO[Si](c2ccccc2)(c2ccccc2)C(C)(C)C)O[C@@H](n2ccc(OS(=O)(=O)c3c(C(C)C)cc(C(C)C)cc3C(C)C)nc2=O)[C@@H]2OC3(CCCC3)O[C@@H]21. The fraction of sp³-hybridized carbons (Fsp3) is 0.489. The summed E-state index contributed by atoms with van der Waals surface area (Å²) in [5, 5.41) is 1.81. The number of rotatable bonds is 12. The van der Waals surface area contributed by atoms with Crippen LogP contribution in [-0.2, 0) is 28.8 Å². The van der Waals surface area contributed by atoms with Crippen LogP contribution in [-0.4, -0.2) is 56.5 Å². The van der Waals surface area contributed by atoms with E-state index in [9.17, 15) is 13.2 Å². The molecule has 1 spiro atoms. The molecule has 4 aromatic rings. The van der Waals surface area contributed by atoms with Crippen LogP contribution < -0.4 is 20.2 Å².